The van der Waals surface area contributed by atoms with Crippen molar-refractivity contribution in [3.05, 3.63) is 63.6 Å². The van der Waals surface area contributed by atoms with Crippen LogP contribution in [0.2, 0.25) is 10.0 Å². The van der Waals surface area contributed by atoms with E-state index >= 15 is 0 Å². The lowest BCUT2D eigenvalue weighted by atomic mass is 10.1. The van der Waals surface area contributed by atoms with Crippen molar-refractivity contribution in [2.24, 2.45) is 0 Å². The fraction of sp³-hybridized carbons (Fsp3) is 0.200. The van der Waals surface area contributed by atoms with Crippen LogP contribution in [-0.4, -0.2) is 5.11 Å². The maximum Gasteiger partial charge on any atom is 0.121 e. The standard InChI is InChI=1S/C15H15Cl2NO/c1-10(11-4-2-5-12(16)8-11)18-9-13-14(17)6-3-7-15(13)19/h2-8,10,18-19H,9H2,1H3/t10-/m1/s1. The van der Waals surface area contributed by atoms with E-state index in [1.54, 1.807) is 18.2 Å². The molecule has 4 heteroatoms. The van der Waals surface area contributed by atoms with Gasteiger partial charge in [0.2, 0.25) is 0 Å². The molecule has 19 heavy (non-hydrogen) atoms. The van der Waals surface area contributed by atoms with Crippen molar-refractivity contribution in [2.75, 3.05) is 0 Å². The van der Waals surface area contributed by atoms with E-state index in [0.717, 1.165) is 5.56 Å². The van der Waals surface area contributed by atoms with Crippen molar-refractivity contribution < 1.29 is 5.11 Å². The average Bonchev–Trinajstić information content (AvgIpc) is 2.38. The van der Waals surface area contributed by atoms with Crippen molar-refractivity contribution in [1.29, 1.82) is 0 Å². The molecule has 0 bridgehead atoms. The van der Waals surface area contributed by atoms with Crippen LogP contribution >= 0.6 is 23.2 Å². The minimum Gasteiger partial charge on any atom is -0.508 e. The number of halogens is 2. The molecule has 0 fully saturated rings. The molecule has 2 N–H and O–H groups in total. The molecule has 0 aromatic heterocycles. The fourth-order valence-corrected chi connectivity index (χ4v) is 2.31. The van der Waals surface area contributed by atoms with Crippen molar-refractivity contribution in [3.8, 4) is 5.75 Å². The van der Waals surface area contributed by atoms with Gasteiger partial charge < -0.3 is 10.4 Å². The molecule has 2 nitrogen and oxygen atoms in total. The summed E-state index contributed by atoms with van der Waals surface area (Å²) < 4.78 is 0. The molecule has 0 aliphatic carbocycles. The molecule has 0 heterocycles. The van der Waals surface area contributed by atoms with E-state index in [-0.39, 0.29) is 11.8 Å². The molecule has 2 rings (SSSR count). The largest absolute Gasteiger partial charge is 0.508 e. The number of hydrogen-bond donors (Lipinski definition) is 2. The maximum absolute atomic E-state index is 9.77. The van der Waals surface area contributed by atoms with Crippen molar-refractivity contribution in [1.82, 2.24) is 5.32 Å². The van der Waals surface area contributed by atoms with Crippen LogP contribution in [0, 0.1) is 0 Å². The first-order valence-corrected chi connectivity index (χ1v) is 6.78. The van der Waals surface area contributed by atoms with Gasteiger partial charge in [0.15, 0.2) is 0 Å². The molecule has 0 aliphatic heterocycles. The van der Waals surface area contributed by atoms with Gasteiger partial charge >= 0.3 is 0 Å². The monoisotopic (exact) mass is 295 g/mol. The van der Waals surface area contributed by atoms with E-state index in [9.17, 15) is 5.11 Å². The number of rotatable bonds is 4. The summed E-state index contributed by atoms with van der Waals surface area (Å²) in [5.74, 6) is 0.207. The molecule has 0 saturated carbocycles. The van der Waals surface area contributed by atoms with Crippen molar-refractivity contribution >= 4 is 23.2 Å². The lowest BCUT2D eigenvalue weighted by Crippen LogP contribution is -2.18. The zero-order chi connectivity index (χ0) is 13.8. The number of aromatic hydroxyl groups is 1. The summed E-state index contributed by atoms with van der Waals surface area (Å²) in [4.78, 5) is 0. The minimum absolute atomic E-state index is 0.120. The SMILES string of the molecule is C[C@@H](NCc1c(O)cccc1Cl)c1cccc(Cl)c1. The Balaban J connectivity index is 2.06. The lowest BCUT2D eigenvalue weighted by molar-refractivity contribution is 0.460. The Morgan fingerprint density at radius 2 is 1.89 bits per heavy atom. The van der Waals surface area contributed by atoms with Crippen molar-refractivity contribution in [2.45, 2.75) is 19.5 Å². The topological polar surface area (TPSA) is 32.3 Å². The second-order valence-electron chi connectivity index (χ2n) is 4.40. The van der Waals surface area contributed by atoms with Crippen LogP contribution in [0.5, 0.6) is 5.75 Å². The van der Waals surface area contributed by atoms with E-state index in [0.29, 0.717) is 22.2 Å². The molecule has 100 valence electrons. The van der Waals surface area contributed by atoms with E-state index in [1.807, 2.05) is 31.2 Å². The van der Waals surface area contributed by atoms with Gasteiger partial charge in [0, 0.05) is 28.2 Å². The second kappa shape index (κ2) is 6.29. The summed E-state index contributed by atoms with van der Waals surface area (Å²) in [6, 6.07) is 12.9. The molecule has 2 aromatic rings. The molecule has 0 amide bonds. The van der Waals surface area contributed by atoms with Gasteiger partial charge in [-0.05, 0) is 36.8 Å². The minimum atomic E-state index is 0.120. The molecular formula is C15H15Cl2NO. The molecule has 0 unspecified atom stereocenters. The zero-order valence-electron chi connectivity index (χ0n) is 10.5. The first-order chi connectivity index (χ1) is 9.08. The van der Waals surface area contributed by atoms with E-state index in [1.165, 1.54) is 0 Å². The van der Waals surface area contributed by atoms with Gasteiger partial charge in [-0.3, -0.25) is 0 Å². The lowest BCUT2D eigenvalue weighted by Gasteiger charge is -2.16. The third kappa shape index (κ3) is 3.63. The van der Waals surface area contributed by atoms with Gasteiger partial charge in [-0.1, -0.05) is 41.4 Å². The first-order valence-electron chi connectivity index (χ1n) is 6.03. The molecule has 0 radical (unpaired) electrons. The highest BCUT2D eigenvalue weighted by molar-refractivity contribution is 6.31. The quantitative estimate of drug-likeness (QED) is 0.867. The molecular weight excluding hydrogens is 281 g/mol. The fourth-order valence-electron chi connectivity index (χ4n) is 1.87. The highest BCUT2D eigenvalue weighted by Gasteiger charge is 2.09. The Morgan fingerprint density at radius 3 is 2.58 bits per heavy atom. The number of hydrogen-bond acceptors (Lipinski definition) is 2. The Kier molecular flexibility index (Phi) is 4.70. The molecule has 0 aliphatic rings. The van der Waals surface area contributed by atoms with Gasteiger partial charge in [0.05, 0.1) is 0 Å². The normalized spacial score (nSPS) is 12.4. The van der Waals surface area contributed by atoms with Gasteiger partial charge in [0.25, 0.3) is 0 Å². The summed E-state index contributed by atoms with van der Waals surface area (Å²) in [6.45, 7) is 2.54. The predicted octanol–water partition coefficient (Wildman–Crippen LogP) is 4.55. The van der Waals surface area contributed by atoms with Gasteiger partial charge in [-0.2, -0.15) is 0 Å². The highest BCUT2D eigenvalue weighted by atomic mass is 35.5. The smallest absolute Gasteiger partial charge is 0.121 e. The molecule has 2 aromatic carbocycles. The van der Waals surface area contributed by atoms with E-state index < -0.39 is 0 Å². The third-order valence-electron chi connectivity index (χ3n) is 3.03. The van der Waals surface area contributed by atoms with Crippen LogP contribution in [0.25, 0.3) is 0 Å². The molecule has 0 spiro atoms. The number of phenols is 1. The zero-order valence-corrected chi connectivity index (χ0v) is 12.0. The van der Waals surface area contributed by atoms with Crippen LogP contribution in [-0.2, 0) is 6.54 Å². The van der Waals surface area contributed by atoms with E-state index in [2.05, 4.69) is 5.32 Å². The Hall–Kier alpha value is -1.22. The van der Waals surface area contributed by atoms with Gasteiger partial charge in [0.1, 0.15) is 5.75 Å². The van der Waals surface area contributed by atoms with E-state index in [4.69, 9.17) is 23.2 Å². The highest BCUT2D eigenvalue weighted by Crippen LogP contribution is 2.26. The summed E-state index contributed by atoms with van der Waals surface area (Å²) in [5.41, 5.74) is 1.80. The maximum atomic E-state index is 9.77. The summed E-state index contributed by atoms with van der Waals surface area (Å²) in [7, 11) is 0. The van der Waals surface area contributed by atoms with Gasteiger partial charge in [-0.25, -0.2) is 0 Å². The number of benzene rings is 2. The number of nitrogens with one attached hydrogen (secondary N) is 1. The average molecular weight is 296 g/mol. The van der Waals surface area contributed by atoms with Crippen LogP contribution in [0.15, 0.2) is 42.5 Å². The second-order valence-corrected chi connectivity index (χ2v) is 5.24. The van der Waals surface area contributed by atoms with Gasteiger partial charge in [-0.15, -0.1) is 0 Å². The molecule has 0 saturated heterocycles. The molecule has 1 atom stereocenters. The predicted molar refractivity (Wildman–Crippen MR) is 79.8 cm³/mol. The van der Waals surface area contributed by atoms with Crippen LogP contribution < -0.4 is 5.32 Å². The first kappa shape index (κ1) is 14.2. The van der Waals surface area contributed by atoms with Crippen LogP contribution in [0.1, 0.15) is 24.1 Å². The Morgan fingerprint density at radius 1 is 1.16 bits per heavy atom. The number of phenolic OH excluding ortho intramolecular Hbond substituents is 1. The Bertz CT molecular complexity index is 552. The summed E-state index contributed by atoms with van der Waals surface area (Å²) >= 11 is 12.0. The van der Waals surface area contributed by atoms with Crippen molar-refractivity contribution in [3.63, 3.8) is 0 Å². The third-order valence-corrected chi connectivity index (χ3v) is 3.62. The Labute approximate surface area is 123 Å². The summed E-state index contributed by atoms with van der Waals surface area (Å²) in [6.07, 6.45) is 0. The van der Waals surface area contributed by atoms with Crippen LogP contribution in [0.3, 0.4) is 0 Å². The summed E-state index contributed by atoms with van der Waals surface area (Å²) in [5, 5.41) is 14.4. The van der Waals surface area contributed by atoms with Crippen LogP contribution in [0.4, 0.5) is 0 Å².